The quantitative estimate of drug-likeness (QED) is 0.346. The van der Waals surface area contributed by atoms with Crippen molar-refractivity contribution < 1.29 is 19.2 Å². The summed E-state index contributed by atoms with van der Waals surface area (Å²) in [6.45, 7) is 1.78. The summed E-state index contributed by atoms with van der Waals surface area (Å²) in [5.41, 5.74) is 10.2. The van der Waals surface area contributed by atoms with E-state index < -0.39 is 17.9 Å². The van der Waals surface area contributed by atoms with E-state index in [1.54, 1.807) is 43.5 Å². The van der Waals surface area contributed by atoms with E-state index in [-0.39, 0.29) is 37.7 Å². The van der Waals surface area contributed by atoms with E-state index in [4.69, 9.17) is 5.73 Å². The molecule has 5 rings (SSSR count). The lowest BCUT2D eigenvalue weighted by Gasteiger charge is -2.29. The first-order valence-corrected chi connectivity index (χ1v) is 11.5. The van der Waals surface area contributed by atoms with Gasteiger partial charge in [-0.05, 0) is 43.2 Å². The highest BCUT2D eigenvalue weighted by Crippen LogP contribution is 2.32. The van der Waals surface area contributed by atoms with Crippen LogP contribution in [0.3, 0.4) is 0 Å². The van der Waals surface area contributed by atoms with Crippen LogP contribution in [0.2, 0.25) is 0 Å². The molecule has 1 atom stereocenters. The van der Waals surface area contributed by atoms with Crippen molar-refractivity contribution >= 4 is 35.0 Å². The van der Waals surface area contributed by atoms with Crippen molar-refractivity contribution in [3.8, 4) is 17.3 Å². The highest BCUT2D eigenvalue weighted by molar-refractivity contribution is 6.06. The number of hydrogen-bond donors (Lipinski definition) is 3. The Morgan fingerprint density at radius 1 is 1.27 bits per heavy atom. The topological polar surface area (TPSA) is 176 Å². The zero-order chi connectivity index (χ0) is 26.3. The molecule has 2 aliphatic rings. The van der Waals surface area contributed by atoms with Gasteiger partial charge in [0.15, 0.2) is 0 Å². The summed E-state index contributed by atoms with van der Waals surface area (Å²) in [5, 5.41) is 22.4. The Hall–Kier alpha value is -5.05. The van der Waals surface area contributed by atoms with E-state index in [0.717, 1.165) is 5.56 Å². The summed E-state index contributed by atoms with van der Waals surface area (Å²) in [5.74, 6) is -1.58. The highest BCUT2D eigenvalue weighted by atomic mass is 16.2. The van der Waals surface area contributed by atoms with Gasteiger partial charge in [0, 0.05) is 41.0 Å². The van der Waals surface area contributed by atoms with Crippen LogP contribution in [-0.4, -0.2) is 49.6 Å². The lowest BCUT2D eigenvalue weighted by Crippen LogP contribution is -2.52. The second kappa shape index (κ2) is 9.19. The van der Waals surface area contributed by atoms with Gasteiger partial charge < -0.3 is 16.0 Å². The Morgan fingerprint density at radius 3 is 2.84 bits per heavy atom. The van der Waals surface area contributed by atoms with Gasteiger partial charge in [0.1, 0.15) is 18.3 Å². The molecule has 186 valence electrons. The standard InChI is InChI=1S/C25H22N8O4/c1-13-7-14(9-26)8-16(23(13)27)19-11-32(31-30-19)12-22(35)28-18-4-2-3-15-17(18)10-33(25(15)37)20-5-6-21(34)29-24(20)36/h2-4,7-8,11,20H,5-6,10,12,27H2,1H3,(H,28,35)(H,29,34,36). The van der Waals surface area contributed by atoms with E-state index in [0.29, 0.717) is 39.3 Å². The molecule has 12 nitrogen and oxygen atoms in total. The van der Waals surface area contributed by atoms with Gasteiger partial charge in [-0.25, -0.2) is 4.68 Å². The molecule has 1 aromatic heterocycles. The number of carbonyl (C=O) groups is 4. The van der Waals surface area contributed by atoms with Crippen LogP contribution >= 0.6 is 0 Å². The smallest absolute Gasteiger partial charge is 0.255 e. The molecule has 3 heterocycles. The van der Waals surface area contributed by atoms with Crippen LogP contribution in [0.4, 0.5) is 11.4 Å². The molecular weight excluding hydrogens is 476 g/mol. The van der Waals surface area contributed by atoms with Crippen LogP contribution in [0, 0.1) is 18.3 Å². The van der Waals surface area contributed by atoms with Gasteiger partial charge in [0.05, 0.1) is 17.8 Å². The minimum atomic E-state index is -0.745. The maximum Gasteiger partial charge on any atom is 0.255 e. The Kier molecular flexibility index (Phi) is 5.88. The summed E-state index contributed by atoms with van der Waals surface area (Å²) < 4.78 is 1.35. The Balaban J connectivity index is 1.31. The fraction of sp³-hybridized carbons (Fsp3) is 0.240. The lowest BCUT2D eigenvalue weighted by molar-refractivity contribution is -0.137. The molecule has 37 heavy (non-hydrogen) atoms. The molecule has 1 saturated heterocycles. The summed E-state index contributed by atoms with van der Waals surface area (Å²) >= 11 is 0. The molecule has 0 aliphatic carbocycles. The van der Waals surface area contributed by atoms with Crippen molar-refractivity contribution in [2.45, 2.75) is 38.9 Å². The van der Waals surface area contributed by atoms with E-state index >= 15 is 0 Å². The second-order valence-electron chi connectivity index (χ2n) is 8.95. The van der Waals surface area contributed by atoms with Gasteiger partial charge in [0.2, 0.25) is 17.7 Å². The SMILES string of the molecule is Cc1cc(C#N)cc(-c2cn(CC(=O)Nc3cccc4c3CN(C3CCC(=O)NC3=O)C4=O)nn2)c1N. The summed E-state index contributed by atoms with van der Waals surface area (Å²) in [4.78, 5) is 51.0. The van der Waals surface area contributed by atoms with Crippen molar-refractivity contribution in [3.63, 3.8) is 0 Å². The number of rotatable bonds is 5. The number of benzene rings is 2. The van der Waals surface area contributed by atoms with Crippen LogP contribution in [-0.2, 0) is 27.5 Å². The van der Waals surface area contributed by atoms with Gasteiger partial charge in [0.25, 0.3) is 5.91 Å². The monoisotopic (exact) mass is 498 g/mol. The van der Waals surface area contributed by atoms with Gasteiger partial charge in [-0.3, -0.25) is 24.5 Å². The third-order valence-corrected chi connectivity index (χ3v) is 6.49. The summed E-state index contributed by atoms with van der Waals surface area (Å²) in [7, 11) is 0. The average molecular weight is 499 g/mol. The van der Waals surface area contributed by atoms with Crippen molar-refractivity contribution in [2.24, 2.45) is 0 Å². The molecule has 12 heteroatoms. The number of amides is 4. The van der Waals surface area contributed by atoms with Crippen LogP contribution < -0.4 is 16.4 Å². The van der Waals surface area contributed by atoms with Crippen LogP contribution in [0.5, 0.6) is 0 Å². The van der Waals surface area contributed by atoms with E-state index in [9.17, 15) is 24.4 Å². The van der Waals surface area contributed by atoms with Gasteiger partial charge >= 0.3 is 0 Å². The Bertz CT molecular complexity index is 1520. The number of nitrogen functional groups attached to an aromatic ring is 1. The minimum absolute atomic E-state index is 0.137. The van der Waals surface area contributed by atoms with Gasteiger partial charge in [-0.15, -0.1) is 5.10 Å². The number of piperidine rings is 1. The number of anilines is 2. The Morgan fingerprint density at radius 2 is 2.08 bits per heavy atom. The lowest BCUT2D eigenvalue weighted by atomic mass is 10.0. The normalized spacial score (nSPS) is 16.8. The molecule has 1 unspecified atom stereocenters. The zero-order valence-electron chi connectivity index (χ0n) is 19.8. The molecule has 4 amide bonds. The minimum Gasteiger partial charge on any atom is -0.398 e. The van der Waals surface area contributed by atoms with E-state index in [1.807, 2.05) is 0 Å². The first-order valence-electron chi connectivity index (χ1n) is 11.5. The van der Waals surface area contributed by atoms with Gasteiger partial charge in [-0.2, -0.15) is 5.26 Å². The number of nitriles is 1. The maximum atomic E-state index is 13.0. The number of nitrogens with one attached hydrogen (secondary N) is 2. The zero-order valence-corrected chi connectivity index (χ0v) is 19.8. The van der Waals surface area contributed by atoms with Crippen LogP contribution in [0.1, 0.15) is 39.9 Å². The third kappa shape index (κ3) is 4.38. The molecule has 0 saturated carbocycles. The molecule has 0 spiro atoms. The van der Waals surface area contributed by atoms with Crippen molar-refractivity contribution in [2.75, 3.05) is 11.1 Å². The number of carbonyl (C=O) groups excluding carboxylic acids is 4. The van der Waals surface area contributed by atoms with Crippen molar-refractivity contribution in [1.29, 1.82) is 5.26 Å². The number of hydrogen-bond acceptors (Lipinski definition) is 8. The third-order valence-electron chi connectivity index (χ3n) is 6.49. The molecule has 3 aromatic rings. The molecule has 2 aliphatic heterocycles. The summed E-state index contributed by atoms with van der Waals surface area (Å²) in [6, 6.07) is 9.62. The first-order chi connectivity index (χ1) is 17.7. The molecule has 4 N–H and O–H groups in total. The molecule has 0 bridgehead atoms. The number of fused-ring (bicyclic) bond motifs is 1. The fourth-order valence-corrected chi connectivity index (χ4v) is 4.61. The van der Waals surface area contributed by atoms with Crippen LogP contribution in [0.15, 0.2) is 36.5 Å². The van der Waals surface area contributed by atoms with Gasteiger partial charge in [-0.1, -0.05) is 11.3 Å². The average Bonchev–Trinajstić information content (AvgIpc) is 3.46. The van der Waals surface area contributed by atoms with Crippen LogP contribution in [0.25, 0.3) is 11.3 Å². The summed E-state index contributed by atoms with van der Waals surface area (Å²) in [6.07, 6.45) is 1.98. The van der Waals surface area contributed by atoms with E-state index in [2.05, 4.69) is 27.0 Å². The number of imide groups is 1. The Labute approximate surface area is 211 Å². The number of aryl methyl sites for hydroxylation is 1. The largest absolute Gasteiger partial charge is 0.398 e. The predicted octanol–water partition coefficient (Wildman–Crippen LogP) is 1.11. The first kappa shape index (κ1) is 23.7. The molecule has 2 aromatic carbocycles. The second-order valence-corrected chi connectivity index (χ2v) is 8.95. The van der Waals surface area contributed by atoms with E-state index in [1.165, 1.54) is 9.58 Å². The number of nitrogens with zero attached hydrogens (tertiary/aromatic N) is 5. The highest BCUT2D eigenvalue weighted by Gasteiger charge is 2.40. The molecular formula is C25H22N8O4. The molecule has 1 fully saturated rings. The molecule has 0 radical (unpaired) electrons. The predicted molar refractivity (Wildman–Crippen MR) is 130 cm³/mol. The number of aromatic nitrogens is 3. The van der Waals surface area contributed by atoms with Crippen molar-refractivity contribution in [1.82, 2.24) is 25.2 Å². The number of nitrogens with two attached hydrogens (primary N) is 1. The fourth-order valence-electron chi connectivity index (χ4n) is 4.61. The van der Waals surface area contributed by atoms with Crippen molar-refractivity contribution in [3.05, 3.63) is 58.8 Å². The maximum absolute atomic E-state index is 13.0.